The second-order valence-corrected chi connectivity index (χ2v) is 6.57. The Labute approximate surface area is 179 Å². The topological polar surface area (TPSA) is 100 Å². The van der Waals surface area contributed by atoms with Gasteiger partial charge in [-0.25, -0.2) is 4.39 Å². The van der Waals surface area contributed by atoms with Crippen LogP contribution in [0.25, 0.3) is 17.3 Å². The van der Waals surface area contributed by atoms with Crippen molar-refractivity contribution in [3.05, 3.63) is 71.2 Å². The van der Waals surface area contributed by atoms with Crippen LogP contribution < -0.4 is 14.8 Å². The number of ether oxygens (including phenoxy) is 2. The summed E-state index contributed by atoms with van der Waals surface area (Å²) < 4.78 is 23.7. The van der Waals surface area contributed by atoms with Gasteiger partial charge in [0.05, 0.1) is 26.1 Å². The molecule has 0 fully saturated rings. The summed E-state index contributed by atoms with van der Waals surface area (Å²) in [5, 5.41) is 19.0. The van der Waals surface area contributed by atoms with E-state index in [1.165, 1.54) is 24.4 Å². The predicted octanol–water partition coefficient (Wildman–Crippen LogP) is 3.50. The van der Waals surface area contributed by atoms with Crippen LogP contribution in [0.15, 0.2) is 54.2 Å². The Kier molecular flexibility index (Phi) is 7.01. The second-order valence-electron chi connectivity index (χ2n) is 6.57. The Bertz CT molecular complexity index is 1130. The molecule has 0 spiro atoms. The van der Waals surface area contributed by atoms with E-state index in [4.69, 9.17) is 9.47 Å². The number of carbonyl (C=O) groups excluding carboxylic acids is 1. The number of hydrogen-bond donors (Lipinski definition) is 2. The molecule has 3 aromatic rings. The molecule has 0 aliphatic carbocycles. The fourth-order valence-corrected chi connectivity index (χ4v) is 3.01. The minimum atomic E-state index is -0.491. The molecule has 1 amide bonds. The van der Waals surface area contributed by atoms with Crippen molar-refractivity contribution in [2.24, 2.45) is 0 Å². The maximum Gasteiger partial charge on any atom is 0.261 e. The van der Waals surface area contributed by atoms with Crippen LogP contribution in [0.4, 0.5) is 4.39 Å². The van der Waals surface area contributed by atoms with Crippen molar-refractivity contribution < 1.29 is 18.7 Å². The fourth-order valence-electron chi connectivity index (χ4n) is 3.01. The smallest absolute Gasteiger partial charge is 0.261 e. The van der Waals surface area contributed by atoms with Crippen LogP contribution >= 0.6 is 0 Å². The first-order valence-corrected chi connectivity index (χ1v) is 9.46. The largest absolute Gasteiger partial charge is 0.493 e. The monoisotopic (exact) mass is 420 g/mol. The fraction of sp³-hybridized carbons (Fsp3) is 0.174. The molecule has 2 aromatic carbocycles. The Morgan fingerprint density at radius 1 is 1.19 bits per heavy atom. The SMILES string of the molecule is COc1ccc(CCNC(=O)/C(C#N)=C\c2cn[nH]c2-c2ccc(F)cc2)cc1OC. The van der Waals surface area contributed by atoms with Gasteiger partial charge in [-0.05, 0) is 54.5 Å². The Balaban J connectivity index is 1.68. The van der Waals surface area contributed by atoms with E-state index < -0.39 is 5.91 Å². The number of carbonyl (C=O) groups is 1. The molecule has 1 heterocycles. The van der Waals surface area contributed by atoms with Crippen molar-refractivity contribution in [2.45, 2.75) is 6.42 Å². The molecular weight excluding hydrogens is 399 g/mol. The third-order valence-corrected chi connectivity index (χ3v) is 4.61. The second kappa shape index (κ2) is 10.1. The highest BCUT2D eigenvalue weighted by atomic mass is 19.1. The zero-order valence-corrected chi connectivity index (χ0v) is 17.1. The number of hydrogen-bond acceptors (Lipinski definition) is 5. The van der Waals surface area contributed by atoms with Crippen LogP contribution in [0.3, 0.4) is 0 Å². The third-order valence-electron chi connectivity index (χ3n) is 4.61. The molecule has 158 valence electrons. The lowest BCUT2D eigenvalue weighted by Crippen LogP contribution is -2.26. The van der Waals surface area contributed by atoms with E-state index in [-0.39, 0.29) is 11.4 Å². The number of rotatable bonds is 8. The zero-order valence-electron chi connectivity index (χ0n) is 17.1. The molecular formula is C23H21FN4O3. The molecule has 0 saturated heterocycles. The lowest BCUT2D eigenvalue weighted by atomic mass is 10.1. The average molecular weight is 420 g/mol. The highest BCUT2D eigenvalue weighted by Crippen LogP contribution is 2.27. The standard InChI is InChI=1S/C23H21FN4O3/c1-30-20-8-3-15(11-21(20)31-2)9-10-26-23(29)17(13-25)12-18-14-27-28-22(18)16-4-6-19(24)7-5-16/h3-8,11-12,14H,9-10H2,1-2H3,(H,26,29)(H,27,28)/b17-12-. The molecule has 31 heavy (non-hydrogen) atoms. The van der Waals surface area contributed by atoms with Gasteiger partial charge in [-0.1, -0.05) is 6.07 Å². The maximum absolute atomic E-state index is 13.2. The van der Waals surface area contributed by atoms with Gasteiger partial charge in [-0.15, -0.1) is 0 Å². The van der Waals surface area contributed by atoms with Crippen molar-refractivity contribution in [3.63, 3.8) is 0 Å². The first kappa shape index (κ1) is 21.6. The average Bonchev–Trinajstić information content (AvgIpc) is 3.25. The van der Waals surface area contributed by atoms with Crippen LogP contribution in [0.2, 0.25) is 0 Å². The van der Waals surface area contributed by atoms with E-state index in [9.17, 15) is 14.4 Å². The van der Waals surface area contributed by atoms with Crippen LogP contribution in [0, 0.1) is 17.1 Å². The maximum atomic E-state index is 13.2. The minimum Gasteiger partial charge on any atom is -0.493 e. The summed E-state index contributed by atoms with van der Waals surface area (Å²) in [5.74, 6) is 0.389. The Morgan fingerprint density at radius 3 is 2.61 bits per heavy atom. The van der Waals surface area contributed by atoms with Crippen molar-refractivity contribution in [2.75, 3.05) is 20.8 Å². The molecule has 0 unspecified atom stereocenters. The normalized spacial score (nSPS) is 11.0. The third kappa shape index (κ3) is 5.28. The van der Waals surface area contributed by atoms with E-state index in [0.29, 0.717) is 41.3 Å². The summed E-state index contributed by atoms with van der Waals surface area (Å²) in [4.78, 5) is 12.5. The van der Waals surface area contributed by atoms with Gasteiger partial charge in [-0.3, -0.25) is 9.89 Å². The number of amides is 1. The highest BCUT2D eigenvalue weighted by molar-refractivity contribution is 6.02. The number of aromatic amines is 1. The van der Waals surface area contributed by atoms with Crippen LogP contribution in [0.1, 0.15) is 11.1 Å². The summed E-state index contributed by atoms with van der Waals surface area (Å²) in [7, 11) is 3.12. The summed E-state index contributed by atoms with van der Waals surface area (Å²) in [6.07, 6.45) is 3.51. The Hall–Kier alpha value is -4.12. The van der Waals surface area contributed by atoms with Gasteiger partial charge in [0.2, 0.25) is 0 Å². The van der Waals surface area contributed by atoms with E-state index in [1.54, 1.807) is 32.4 Å². The highest BCUT2D eigenvalue weighted by Gasteiger charge is 2.13. The van der Waals surface area contributed by atoms with Gasteiger partial charge in [0.25, 0.3) is 5.91 Å². The van der Waals surface area contributed by atoms with Gasteiger partial charge >= 0.3 is 0 Å². The van der Waals surface area contributed by atoms with Crippen molar-refractivity contribution >= 4 is 12.0 Å². The molecule has 3 rings (SSSR count). The number of H-pyrrole nitrogens is 1. The molecule has 1 aromatic heterocycles. The van der Waals surface area contributed by atoms with Crippen molar-refractivity contribution in [3.8, 4) is 28.8 Å². The zero-order chi connectivity index (χ0) is 22.2. The van der Waals surface area contributed by atoms with Crippen LogP contribution in [-0.4, -0.2) is 36.9 Å². The van der Waals surface area contributed by atoms with Gasteiger partial charge in [-0.2, -0.15) is 10.4 Å². The number of methoxy groups -OCH3 is 2. The lowest BCUT2D eigenvalue weighted by molar-refractivity contribution is -0.117. The van der Waals surface area contributed by atoms with Gasteiger partial charge < -0.3 is 14.8 Å². The van der Waals surface area contributed by atoms with Gasteiger partial charge in [0, 0.05) is 17.7 Å². The number of aromatic nitrogens is 2. The van der Waals surface area contributed by atoms with E-state index in [1.807, 2.05) is 18.2 Å². The number of nitrogens with one attached hydrogen (secondary N) is 2. The number of nitrogens with zero attached hydrogens (tertiary/aromatic N) is 2. The van der Waals surface area contributed by atoms with Crippen LogP contribution in [0.5, 0.6) is 11.5 Å². The van der Waals surface area contributed by atoms with E-state index >= 15 is 0 Å². The van der Waals surface area contributed by atoms with Crippen LogP contribution in [-0.2, 0) is 11.2 Å². The number of nitriles is 1. The molecule has 0 atom stereocenters. The number of halogens is 1. The molecule has 8 heteroatoms. The summed E-state index contributed by atoms with van der Waals surface area (Å²) in [5.41, 5.74) is 2.73. The van der Waals surface area contributed by atoms with Crippen molar-refractivity contribution in [1.29, 1.82) is 5.26 Å². The van der Waals surface area contributed by atoms with Gasteiger partial charge in [0.15, 0.2) is 11.5 Å². The van der Waals surface area contributed by atoms with E-state index in [0.717, 1.165) is 5.56 Å². The van der Waals surface area contributed by atoms with E-state index in [2.05, 4.69) is 15.5 Å². The molecule has 2 N–H and O–H groups in total. The minimum absolute atomic E-state index is 0.0583. The van der Waals surface area contributed by atoms with Crippen molar-refractivity contribution in [1.82, 2.24) is 15.5 Å². The predicted molar refractivity (Wildman–Crippen MR) is 114 cm³/mol. The molecule has 0 saturated carbocycles. The first-order valence-electron chi connectivity index (χ1n) is 9.46. The molecule has 0 bridgehead atoms. The molecule has 0 aliphatic rings. The summed E-state index contributed by atoms with van der Waals surface area (Å²) in [6, 6.07) is 13.3. The Morgan fingerprint density at radius 2 is 1.94 bits per heavy atom. The number of benzene rings is 2. The molecule has 0 radical (unpaired) electrons. The molecule has 0 aliphatic heterocycles. The quantitative estimate of drug-likeness (QED) is 0.429. The first-order chi connectivity index (χ1) is 15.0. The lowest BCUT2D eigenvalue weighted by Gasteiger charge is -2.10. The molecule has 7 nitrogen and oxygen atoms in total. The summed E-state index contributed by atoms with van der Waals surface area (Å²) >= 11 is 0. The summed E-state index contributed by atoms with van der Waals surface area (Å²) in [6.45, 7) is 0.337. The van der Waals surface area contributed by atoms with Gasteiger partial charge in [0.1, 0.15) is 17.5 Å².